The molecule has 1 aromatic rings. The van der Waals surface area contributed by atoms with Crippen molar-refractivity contribution in [2.75, 3.05) is 31.1 Å². The number of fused-ring (bicyclic) bond motifs is 1. The Kier molecular flexibility index (Phi) is 3.29. The molecule has 1 N–H and O–H groups in total. The highest BCUT2D eigenvalue weighted by molar-refractivity contribution is 5.81. The summed E-state index contributed by atoms with van der Waals surface area (Å²) in [4.78, 5) is 26.4. The van der Waals surface area contributed by atoms with E-state index in [-0.39, 0.29) is 17.9 Å². The van der Waals surface area contributed by atoms with E-state index in [1.165, 1.54) is 12.0 Å². The Hall–Kier alpha value is -1.69. The van der Waals surface area contributed by atoms with E-state index in [0.29, 0.717) is 6.54 Å². The summed E-state index contributed by atoms with van der Waals surface area (Å²) in [7, 11) is 0. The molecule has 4 rings (SSSR count). The number of carbonyl (C=O) groups excluding carboxylic acids is 1. The van der Waals surface area contributed by atoms with Gasteiger partial charge in [0.1, 0.15) is 11.6 Å². The monoisotopic (exact) mass is 301 g/mol. The van der Waals surface area contributed by atoms with Crippen molar-refractivity contribution in [2.45, 2.75) is 39.3 Å². The number of anilines is 1. The first-order chi connectivity index (χ1) is 10.6. The standard InChI is InChI=1S/C16H23N5O/c1-10-14-13(9-21(10)16(22)12-4-5-17-8-12)18-11(2)19-15(14)20-6-3-7-20/h10,12,17H,3-9H2,1-2H3/t10-,12-/m1/s1. The molecule has 0 unspecified atom stereocenters. The van der Waals surface area contributed by atoms with Gasteiger partial charge in [0.25, 0.3) is 0 Å². The highest BCUT2D eigenvalue weighted by atomic mass is 16.2. The maximum atomic E-state index is 12.8. The molecule has 2 atom stereocenters. The number of amides is 1. The highest BCUT2D eigenvalue weighted by Gasteiger charge is 2.39. The van der Waals surface area contributed by atoms with Crippen molar-refractivity contribution >= 4 is 11.7 Å². The van der Waals surface area contributed by atoms with E-state index >= 15 is 0 Å². The second kappa shape index (κ2) is 5.19. The smallest absolute Gasteiger partial charge is 0.227 e. The first-order valence-corrected chi connectivity index (χ1v) is 8.28. The fourth-order valence-electron chi connectivity index (χ4n) is 3.76. The number of aryl methyl sites for hydroxylation is 1. The SMILES string of the molecule is Cc1nc2c(c(N3CCC3)n1)[C@@H](C)N(C(=O)[C@@H]1CCNC1)C2. The van der Waals surface area contributed by atoms with Crippen LogP contribution in [0.3, 0.4) is 0 Å². The van der Waals surface area contributed by atoms with Crippen molar-refractivity contribution in [3.8, 4) is 0 Å². The topological polar surface area (TPSA) is 61.4 Å². The van der Waals surface area contributed by atoms with Gasteiger partial charge in [-0.3, -0.25) is 4.79 Å². The first-order valence-electron chi connectivity index (χ1n) is 8.28. The zero-order valence-electron chi connectivity index (χ0n) is 13.3. The van der Waals surface area contributed by atoms with Crippen LogP contribution in [0.5, 0.6) is 0 Å². The number of nitrogens with one attached hydrogen (secondary N) is 1. The number of carbonyl (C=O) groups is 1. The lowest BCUT2D eigenvalue weighted by atomic mass is 10.1. The first kappa shape index (κ1) is 13.9. The van der Waals surface area contributed by atoms with Crippen LogP contribution >= 0.6 is 0 Å². The number of aromatic nitrogens is 2. The molecule has 2 saturated heterocycles. The lowest BCUT2D eigenvalue weighted by molar-refractivity contribution is -0.137. The molecule has 118 valence electrons. The van der Waals surface area contributed by atoms with E-state index in [0.717, 1.165) is 49.9 Å². The molecule has 0 spiro atoms. The third kappa shape index (κ3) is 2.08. The molecule has 1 amide bonds. The minimum atomic E-state index is 0.0827. The summed E-state index contributed by atoms with van der Waals surface area (Å²) in [5, 5.41) is 3.29. The van der Waals surface area contributed by atoms with Crippen molar-refractivity contribution in [1.29, 1.82) is 0 Å². The lowest BCUT2D eigenvalue weighted by Gasteiger charge is -2.34. The molecule has 3 aliphatic rings. The zero-order chi connectivity index (χ0) is 15.3. The van der Waals surface area contributed by atoms with Crippen LogP contribution in [0.25, 0.3) is 0 Å². The largest absolute Gasteiger partial charge is 0.356 e. The molecule has 0 saturated carbocycles. The van der Waals surface area contributed by atoms with E-state index in [4.69, 9.17) is 0 Å². The summed E-state index contributed by atoms with van der Waals surface area (Å²) >= 11 is 0. The summed E-state index contributed by atoms with van der Waals surface area (Å²) in [6.45, 7) is 8.58. The quantitative estimate of drug-likeness (QED) is 0.883. The van der Waals surface area contributed by atoms with E-state index in [2.05, 4.69) is 27.1 Å². The molecule has 3 aliphatic heterocycles. The van der Waals surface area contributed by atoms with Crippen LogP contribution < -0.4 is 10.2 Å². The van der Waals surface area contributed by atoms with Gasteiger partial charge in [0, 0.05) is 25.2 Å². The highest BCUT2D eigenvalue weighted by Crippen LogP contribution is 2.40. The average Bonchev–Trinajstić information content (AvgIpc) is 3.04. The van der Waals surface area contributed by atoms with Gasteiger partial charge in [0.15, 0.2) is 0 Å². The molecule has 6 heteroatoms. The molecular weight excluding hydrogens is 278 g/mol. The zero-order valence-corrected chi connectivity index (χ0v) is 13.3. The van der Waals surface area contributed by atoms with Crippen LogP contribution in [0.15, 0.2) is 0 Å². The molecule has 6 nitrogen and oxygen atoms in total. The Morgan fingerprint density at radius 1 is 1.32 bits per heavy atom. The predicted octanol–water partition coefficient (Wildman–Crippen LogP) is 1.01. The number of rotatable bonds is 2. The predicted molar refractivity (Wildman–Crippen MR) is 83.5 cm³/mol. The third-order valence-electron chi connectivity index (χ3n) is 5.17. The van der Waals surface area contributed by atoms with Gasteiger partial charge < -0.3 is 15.1 Å². The summed E-state index contributed by atoms with van der Waals surface area (Å²) in [5.74, 6) is 2.26. The Bertz CT molecular complexity index is 607. The maximum absolute atomic E-state index is 12.8. The second-order valence-corrected chi connectivity index (χ2v) is 6.63. The van der Waals surface area contributed by atoms with Crippen LogP contribution in [0.1, 0.15) is 42.9 Å². The number of hydrogen-bond donors (Lipinski definition) is 1. The summed E-state index contributed by atoms with van der Waals surface area (Å²) < 4.78 is 0. The van der Waals surface area contributed by atoms with Crippen LogP contribution in [0.2, 0.25) is 0 Å². The molecular formula is C16H23N5O. The number of nitrogens with zero attached hydrogens (tertiary/aromatic N) is 4. The van der Waals surface area contributed by atoms with Gasteiger partial charge >= 0.3 is 0 Å². The van der Waals surface area contributed by atoms with Gasteiger partial charge in [-0.05, 0) is 33.2 Å². The normalized spacial score (nSPS) is 27.0. The van der Waals surface area contributed by atoms with Crippen LogP contribution in [0, 0.1) is 12.8 Å². The molecule has 0 aliphatic carbocycles. The molecule has 2 fully saturated rings. The van der Waals surface area contributed by atoms with E-state index in [9.17, 15) is 4.79 Å². The molecule has 4 heterocycles. The van der Waals surface area contributed by atoms with Crippen LogP contribution in [0.4, 0.5) is 5.82 Å². The van der Waals surface area contributed by atoms with Gasteiger partial charge in [-0.1, -0.05) is 0 Å². The van der Waals surface area contributed by atoms with E-state index in [1.54, 1.807) is 0 Å². The average molecular weight is 301 g/mol. The van der Waals surface area contributed by atoms with E-state index in [1.807, 2.05) is 11.8 Å². The number of hydrogen-bond acceptors (Lipinski definition) is 5. The van der Waals surface area contributed by atoms with Crippen LogP contribution in [-0.2, 0) is 11.3 Å². The van der Waals surface area contributed by atoms with Gasteiger partial charge in [-0.15, -0.1) is 0 Å². The second-order valence-electron chi connectivity index (χ2n) is 6.63. The summed E-state index contributed by atoms with van der Waals surface area (Å²) in [6.07, 6.45) is 2.17. The van der Waals surface area contributed by atoms with Gasteiger partial charge in [0.05, 0.1) is 24.2 Å². The fraction of sp³-hybridized carbons (Fsp3) is 0.688. The van der Waals surface area contributed by atoms with Gasteiger partial charge in [-0.2, -0.15) is 0 Å². The van der Waals surface area contributed by atoms with Gasteiger partial charge in [-0.25, -0.2) is 9.97 Å². The van der Waals surface area contributed by atoms with Crippen molar-refractivity contribution < 1.29 is 4.79 Å². The van der Waals surface area contributed by atoms with Crippen molar-refractivity contribution in [2.24, 2.45) is 5.92 Å². The summed E-state index contributed by atoms with van der Waals surface area (Å²) in [5.41, 5.74) is 2.21. The Balaban J connectivity index is 1.65. The molecule has 0 aromatic carbocycles. The Morgan fingerprint density at radius 2 is 2.14 bits per heavy atom. The maximum Gasteiger partial charge on any atom is 0.227 e. The van der Waals surface area contributed by atoms with Gasteiger partial charge in [0.2, 0.25) is 5.91 Å². The lowest BCUT2D eigenvalue weighted by Crippen LogP contribution is -2.39. The minimum Gasteiger partial charge on any atom is -0.356 e. The summed E-state index contributed by atoms with van der Waals surface area (Å²) in [6, 6.07) is 0.0827. The molecule has 1 aromatic heterocycles. The molecule has 22 heavy (non-hydrogen) atoms. The van der Waals surface area contributed by atoms with Crippen LogP contribution in [-0.4, -0.2) is 47.0 Å². The molecule has 0 radical (unpaired) electrons. The van der Waals surface area contributed by atoms with E-state index < -0.39 is 0 Å². The third-order valence-corrected chi connectivity index (χ3v) is 5.17. The van der Waals surface area contributed by atoms with Crippen molar-refractivity contribution in [3.05, 3.63) is 17.1 Å². The minimum absolute atomic E-state index is 0.0827. The van der Waals surface area contributed by atoms with Crippen molar-refractivity contribution in [1.82, 2.24) is 20.2 Å². The fourth-order valence-corrected chi connectivity index (χ4v) is 3.76. The molecule has 0 bridgehead atoms. The van der Waals surface area contributed by atoms with Crippen molar-refractivity contribution in [3.63, 3.8) is 0 Å². The Morgan fingerprint density at radius 3 is 2.77 bits per heavy atom. The Labute approximate surface area is 130 Å².